The van der Waals surface area contributed by atoms with Gasteiger partial charge in [-0.25, -0.2) is 0 Å². The van der Waals surface area contributed by atoms with Crippen molar-refractivity contribution in [3.63, 3.8) is 0 Å². The van der Waals surface area contributed by atoms with Crippen LogP contribution in [0.25, 0.3) is 0 Å². The largest absolute Gasteiger partial charge is 0.462 e. The molecule has 0 spiro atoms. The SMILES string of the molecule is CC/C=C\C/C=C\C/C=C\C/C=C\C/C=C\CC(=O)OC(COC(=O)CCCCCCCCCCCCCCC)COC(=O)CCCCCCCCCCCCCCC/C=C\CCCCCCCCCC. The van der Waals surface area contributed by atoms with Crippen LogP contribution < -0.4 is 0 Å². The van der Waals surface area contributed by atoms with Crippen LogP contribution in [0.15, 0.2) is 72.9 Å². The number of hydrogen-bond donors (Lipinski definition) is 0. The van der Waals surface area contributed by atoms with Crippen molar-refractivity contribution in [3.05, 3.63) is 72.9 Å². The lowest BCUT2D eigenvalue weighted by atomic mass is 10.0. The quantitative estimate of drug-likeness (QED) is 0.0261. The first kappa shape index (κ1) is 67.8. The number of carbonyl (C=O) groups excluding carboxylic acids is 3. The molecule has 0 rings (SSSR count). The van der Waals surface area contributed by atoms with Gasteiger partial charge in [-0.3, -0.25) is 14.4 Å². The summed E-state index contributed by atoms with van der Waals surface area (Å²) in [4.78, 5) is 38.1. The van der Waals surface area contributed by atoms with Gasteiger partial charge in [0.1, 0.15) is 13.2 Å². The number of rotatable bonds is 55. The molecule has 0 amide bonds. The highest BCUT2D eigenvalue weighted by Gasteiger charge is 2.19. The summed E-state index contributed by atoms with van der Waals surface area (Å²) in [6.45, 7) is 6.47. The van der Waals surface area contributed by atoms with E-state index in [9.17, 15) is 14.4 Å². The Balaban J connectivity index is 4.32. The Labute approximate surface area is 440 Å². The van der Waals surface area contributed by atoms with Crippen LogP contribution in [0.1, 0.15) is 303 Å². The molecule has 0 N–H and O–H groups in total. The molecule has 0 saturated heterocycles. The average molecular weight is 992 g/mol. The van der Waals surface area contributed by atoms with E-state index in [1.54, 1.807) is 6.08 Å². The highest BCUT2D eigenvalue weighted by Crippen LogP contribution is 2.16. The van der Waals surface area contributed by atoms with Gasteiger partial charge in [0.25, 0.3) is 0 Å². The molecule has 0 aromatic carbocycles. The lowest BCUT2D eigenvalue weighted by molar-refractivity contribution is -0.166. The second kappa shape index (κ2) is 59.4. The van der Waals surface area contributed by atoms with Gasteiger partial charge in [-0.1, -0.05) is 286 Å². The van der Waals surface area contributed by atoms with Crippen LogP contribution in [-0.2, 0) is 28.6 Å². The maximum absolute atomic E-state index is 12.8. The molecule has 0 aromatic heterocycles. The molecule has 0 aliphatic rings. The van der Waals surface area contributed by atoms with Crippen molar-refractivity contribution < 1.29 is 28.6 Å². The molecule has 0 bridgehead atoms. The molecular formula is C65H114O6. The summed E-state index contributed by atoms with van der Waals surface area (Å²) in [5.74, 6) is -1.03. The number of carbonyl (C=O) groups is 3. The smallest absolute Gasteiger partial charge is 0.310 e. The number of esters is 3. The maximum Gasteiger partial charge on any atom is 0.310 e. The lowest BCUT2D eigenvalue weighted by Crippen LogP contribution is -2.30. The van der Waals surface area contributed by atoms with Crippen molar-refractivity contribution in [2.45, 2.75) is 309 Å². The zero-order chi connectivity index (χ0) is 51.4. The number of ether oxygens (including phenoxy) is 3. The van der Waals surface area contributed by atoms with Crippen LogP contribution >= 0.6 is 0 Å². The summed E-state index contributed by atoms with van der Waals surface area (Å²) in [7, 11) is 0. The van der Waals surface area contributed by atoms with E-state index >= 15 is 0 Å². The third-order valence-electron chi connectivity index (χ3n) is 13.2. The minimum absolute atomic E-state index is 0.0998. The molecule has 0 radical (unpaired) electrons. The fourth-order valence-electron chi connectivity index (χ4n) is 8.69. The van der Waals surface area contributed by atoms with E-state index in [-0.39, 0.29) is 31.6 Å². The van der Waals surface area contributed by atoms with Gasteiger partial charge in [-0.05, 0) is 70.6 Å². The zero-order valence-electron chi connectivity index (χ0n) is 47.0. The Kier molecular flexibility index (Phi) is 56.8. The van der Waals surface area contributed by atoms with Crippen LogP contribution in [0.4, 0.5) is 0 Å². The second-order valence-corrected chi connectivity index (χ2v) is 20.3. The normalized spacial score (nSPS) is 12.5. The maximum atomic E-state index is 12.8. The highest BCUT2D eigenvalue weighted by atomic mass is 16.6. The standard InChI is InChI=1S/C65H114O6/c1-4-7-10-13-16-19-22-25-27-28-29-30-31-32-33-34-35-36-38-40-43-46-49-52-55-58-64(67)70-61-62(60-69-63(66)57-54-51-48-45-42-39-24-21-18-15-12-9-6-3)71-65(68)59-56-53-50-47-44-41-37-26-23-20-17-14-11-8-5-2/h8,11,17,20,26,28-29,37,44,47,53,56,62H,4-7,9-10,12-16,18-19,21-25,27,30-36,38-43,45-46,48-52,54-55,57-61H2,1-3H3/b11-8-,20-17-,29-28-,37-26-,47-44-,56-53-. The second-order valence-electron chi connectivity index (χ2n) is 20.3. The van der Waals surface area contributed by atoms with Crippen LogP contribution in [0, 0.1) is 0 Å². The molecule has 6 nitrogen and oxygen atoms in total. The molecule has 0 saturated carbocycles. The van der Waals surface area contributed by atoms with Crippen molar-refractivity contribution in [2.75, 3.05) is 13.2 Å². The van der Waals surface area contributed by atoms with Crippen molar-refractivity contribution >= 4 is 17.9 Å². The van der Waals surface area contributed by atoms with Gasteiger partial charge in [-0.15, -0.1) is 0 Å². The Hall–Kier alpha value is -3.15. The number of hydrogen-bond acceptors (Lipinski definition) is 6. The van der Waals surface area contributed by atoms with Crippen molar-refractivity contribution in [1.82, 2.24) is 0 Å². The minimum atomic E-state index is -0.828. The van der Waals surface area contributed by atoms with E-state index in [2.05, 4.69) is 81.5 Å². The topological polar surface area (TPSA) is 78.9 Å². The first-order valence-corrected chi connectivity index (χ1v) is 30.4. The molecule has 1 atom stereocenters. The average Bonchev–Trinajstić information content (AvgIpc) is 3.37. The fraction of sp³-hybridized carbons (Fsp3) is 0.769. The van der Waals surface area contributed by atoms with Crippen molar-refractivity contribution in [2.24, 2.45) is 0 Å². The number of allylic oxidation sites excluding steroid dienone is 11. The van der Waals surface area contributed by atoms with E-state index in [1.807, 2.05) is 6.08 Å². The molecule has 0 heterocycles. The molecule has 1 unspecified atom stereocenters. The molecule has 0 aliphatic heterocycles. The molecule has 0 aromatic rings. The van der Waals surface area contributed by atoms with Gasteiger partial charge >= 0.3 is 17.9 Å². The van der Waals surface area contributed by atoms with Crippen LogP contribution in [0.2, 0.25) is 0 Å². The summed E-state index contributed by atoms with van der Waals surface area (Å²) in [5.41, 5.74) is 0. The van der Waals surface area contributed by atoms with E-state index < -0.39 is 12.1 Å². The van der Waals surface area contributed by atoms with Gasteiger partial charge < -0.3 is 14.2 Å². The molecule has 410 valence electrons. The highest BCUT2D eigenvalue weighted by molar-refractivity contribution is 5.72. The molecule has 0 fully saturated rings. The van der Waals surface area contributed by atoms with E-state index in [0.29, 0.717) is 12.8 Å². The molecule has 71 heavy (non-hydrogen) atoms. The van der Waals surface area contributed by atoms with Crippen LogP contribution in [0.3, 0.4) is 0 Å². The Morgan fingerprint density at radius 2 is 0.592 bits per heavy atom. The fourth-order valence-corrected chi connectivity index (χ4v) is 8.69. The molecule has 0 aliphatic carbocycles. The van der Waals surface area contributed by atoms with E-state index in [4.69, 9.17) is 14.2 Å². The summed E-state index contributed by atoms with van der Waals surface area (Å²) < 4.78 is 16.8. The van der Waals surface area contributed by atoms with Gasteiger partial charge in [0.15, 0.2) is 6.10 Å². The Bertz CT molecular complexity index is 1320. The number of unbranched alkanes of at least 4 members (excludes halogenated alkanes) is 33. The molecule has 6 heteroatoms. The summed E-state index contributed by atoms with van der Waals surface area (Å²) in [6, 6.07) is 0. The Morgan fingerprint density at radius 1 is 0.310 bits per heavy atom. The summed E-state index contributed by atoms with van der Waals surface area (Å²) in [6.07, 6.45) is 76.5. The van der Waals surface area contributed by atoms with E-state index in [1.165, 1.54) is 193 Å². The zero-order valence-corrected chi connectivity index (χ0v) is 47.0. The first-order valence-electron chi connectivity index (χ1n) is 30.4. The van der Waals surface area contributed by atoms with Crippen LogP contribution in [-0.4, -0.2) is 37.2 Å². The molecular weight excluding hydrogens is 877 g/mol. The van der Waals surface area contributed by atoms with Gasteiger partial charge in [0.2, 0.25) is 0 Å². The van der Waals surface area contributed by atoms with Crippen molar-refractivity contribution in [3.8, 4) is 0 Å². The predicted octanol–water partition coefficient (Wildman–Crippen LogP) is 20.5. The van der Waals surface area contributed by atoms with Gasteiger partial charge in [0.05, 0.1) is 6.42 Å². The van der Waals surface area contributed by atoms with Crippen LogP contribution in [0.5, 0.6) is 0 Å². The van der Waals surface area contributed by atoms with Gasteiger partial charge in [0, 0.05) is 12.8 Å². The summed E-state index contributed by atoms with van der Waals surface area (Å²) >= 11 is 0. The first-order chi connectivity index (χ1) is 35.0. The third-order valence-corrected chi connectivity index (χ3v) is 13.2. The Morgan fingerprint density at radius 3 is 0.915 bits per heavy atom. The predicted molar refractivity (Wildman–Crippen MR) is 307 cm³/mol. The van der Waals surface area contributed by atoms with Gasteiger partial charge in [-0.2, -0.15) is 0 Å². The minimum Gasteiger partial charge on any atom is -0.462 e. The third kappa shape index (κ3) is 57.6. The lowest BCUT2D eigenvalue weighted by Gasteiger charge is -2.18. The van der Waals surface area contributed by atoms with Crippen molar-refractivity contribution in [1.29, 1.82) is 0 Å². The van der Waals surface area contributed by atoms with E-state index in [0.717, 1.165) is 70.6 Å². The monoisotopic (exact) mass is 991 g/mol. The summed E-state index contributed by atoms with van der Waals surface area (Å²) in [5, 5.41) is 0.